The number of aryl methyl sites for hydroxylation is 2. The van der Waals surface area contributed by atoms with E-state index in [1.165, 1.54) is 5.56 Å². The van der Waals surface area contributed by atoms with Gasteiger partial charge in [-0.2, -0.15) is 0 Å². The fraction of sp³-hybridized carbons (Fsp3) is 0.211. The van der Waals surface area contributed by atoms with Crippen molar-refractivity contribution in [2.24, 2.45) is 0 Å². The van der Waals surface area contributed by atoms with Crippen LogP contribution in [0.3, 0.4) is 0 Å². The van der Waals surface area contributed by atoms with Gasteiger partial charge in [0.25, 0.3) is 5.91 Å². The summed E-state index contributed by atoms with van der Waals surface area (Å²) in [5.41, 5.74) is 5.01. The van der Waals surface area contributed by atoms with Crippen molar-refractivity contribution in [1.82, 2.24) is 9.88 Å². The minimum atomic E-state index is -0.00919. The highest BCUT2D eigenvalue weighted by Gasteiger charge is 2.15. The lowest BCUT2D eigenvalue weighted by molar-refractivity contribution is 0.0785. The summed E-state index contributed by atoms with van der Waals surface area (Å²) in [5.74, 6) is -0.00919. The lowest BCUT2D eigenvalue weighted by atomic mass is 10.1. The molecule has 0 saturated heterocycles. The molecular weight excluding hydrogens is 308 g/mol. The van der Waals surface area contributed by atoms with Crippen LogP contribution in [-0.4, -0.2) is 22.8 Å². The van der Waals surface area contributed by atoms with Crippen LogP contribution < -0.4 is 0 Å². The molecule has 0 aliphatic heterocycles. The number of aromatic amines is 1. The van der Waals surface area contributed by atoms with Gasteiger partial charge in [-0.05, 0) is 49.2 Å². The molecule has 0 fully saturated rings. The Labute approximate surface area is 140 Å². The molecule has 0 saturated carbocycles. The van der Waals surface area contributed by atoms with Crippen LogP contribution in [0, 0.1) is 13.8 Å². The zero-order chi connectivity index (χ0) is 16.6. The monoisotopic (exact) mass is 326 g/mol. The van der Waals surface area contributed by atoms with Gasteiger partial charge in [0, 0.05) is 40.8 Å². The number of hydrogen-bond donors (Lipinski definition) is 1. The molecule has 23 heavy (non-hydrogen) atoms. The number of carbonyl (C=O) groups excluding carboxylic acids is 1. The number of carbonyl (C=O) groups is 1. The van der Waals surface area contributed by atoms with Gasteiger partial charge >= 0.3 is 0 Å². The van der Waals surface area contributed by atoms with E-state index in [1.54, 1.807) is 11.9 Å². The highest BCUT2D eigenvalue weighted by molar-refractivity contribution is 6.31. The molecule has 0 radical (unpaired) electrons. The van der Waals surface area contributed by atoms with Crippen molar-refractivity contribution in [3.63, 3.8) is 0 Å². The van der Waals surface area contributed by atoms with E-state index in [0.717, 1.165) is 22.2 Å². The van der Waals surface area contributed by atoms with Gasteiger partial charge in [-0.25, -0.2) is 0 Å². The van der Waals surface area contributed by atoms with Crippen molar-refractivity contribution in [3.8, 4) is 0 Å². The molecule has 118 valence electrons. The quantitative estimate of drug-likeness (QED) is 0.743. The maximum Gasteiger partial charge on any atom is 0.253 e. The van der Waals surface area contributed by atoms with Gasteiger partial charge in [0.15, 0.2) is 0 Å². The number of hydrogen-bond acceptors (Lipinski definition) is 1. The Morgan fingerprint density at radius 3 is 2.65 bits per heavy atom. The summed E-state index contributed by atoms with van der Waals surface area (Å²) in [7, 11) is 1.80. The van der Waals surface area contributed by atoms with Crippen LogP contribution >= 0.6 is 11.6 Å². The number of benzene rings is 2. The maximum absolute atomic E-state index is 12.7. The Balaban J connectivity index is 1.87. The van der Waals surface area contributed by atoms with Crippen LogP contribution in [0.1, 0.15) is 27.2 Å². The molecule has 0 atom stereocenters. The summed E-state index contributed by atoms with van der Waals surface area (Å²) in [6.07, 6.45) is 0. The van der Waals surface area contributed by atoms with Crippen LogP contribution in [0.2, 0.25) is 5.02 Å². The largest absolute Gasteiger partial charge is 0.358 e. The minimum absolute atomic E-state index is 0.00919. The Morgan fingerprint density at radius 2 is 1.91 bits per heavy atom. The molecule has 1 aromatic heterocycles. The predicted octanol–water partition coefficient (Wildman–Crippen LogP) is 4.71. The van der Waals surface area contributed by atoms with Crippen LogP contribution in [0.4, 0.5) is 0 Å². The summed E-state index contributed by atoms with van der Waals surface area (Å²) in [5, 5.41) is 1.78. The number of halogens is 1. The van der Waals surface area contributed by atoms with Crippen LogP contribution in [-0.2, 0) is 6.54 Å². The van der Waals surface area contributed by atoms with Gasteiger partial charge in [0.2, 0.25) is 0 Å². The highest BCUT2D eigenvalue weighted by atomic mass is 35.5. The number of nitrogens with zero attached hydrogens (tertiary/aromatic N) is 1. The zero-order valence-corrected chi connectivity index (χ0v) is 14.2. The first-order chi connectivity index (χ1) is 11.0. The Bertz CT molecular complexity index is 882. The standard InChI is InChI=1S/C19H19ClN2O/c1-12-13(2)21-18-9-8-14(10-16(12)18)19(23)22(3)11-15-6-4-5-7-17(15)20/h4-10,21H,11H2,1-3H3. The molecule has 3 aromatic rings. The average Bonchev–Trinajstić information content (AvgIpc) is 2.83. The average molecular weight is 327 g/mol. The molecule has 0 unspecified atom stereocenters. The molecular formula is C19H19ClN2O. The molecule has 1 heterocycles. The van der Waals surface area contributed by atoms with Gasteiger partial charge in [0.1, 0.15) is 0 Å². The number of aromatic nitrogens is 1. The third-order valence-electron chi connectivity index (χ3n) is 4.27. The van der Waals surface area contributed by atoms with E-state index < -0.39 is 0 Å². The van der Waals surface area contributed by atoms with E-state index in [9.17, 15) is 4.79 Å². The second-order valence-electron chi connectivity index (χ2n) is 5.89. The first kappa shape index (κ1) is 15.6. The zero-order valence-electron chi connectivity index (χ0n) is 13.5. The van der Waals surface area contributed by atoms with Gasteiger partial charge < -0.3 is 9.88 Å². The van der Waals surface area contributed by atoms with E-state index in [1.807, 2.05) is 49.4 Å². The lowest BCUT2D eigenvalue weighted by Gasteiger charge is -2.18. The summed E-state index contributed by atoms with van der Waals surface area (Å²) in [6, 6.07) is 13.4. The highest BCUT2D eigenvalue weighted by Crippen LogP contribution is 2.23. The molecule has 0 bridgehead atoms. The molecule has 3 nitrogen and oxygen atoms in total. The van der Waals surface area contributed by atoms with Gasteiger partial charge in [-0.3, -0.25) is 4.79 Å². The number of H-pyrrole nitrogens is 1. The van der Waals surface area contributed by atoms with E-state index >= 15 is 0 Å². The number of rotatable bonds is 3. The number of amides is 1. The van der Waals surface area contributed by atoms with Gasteiger partial charge in [-0.15, -0.1) is 0 Å². The van der Waals surface area contributed by atoms with Crippen molar-refractivity contribution in [2.75, 3.05) is 7.05 Å². The summed E-state index contributed by atoms with van der Waals surface area (Å²) in [6.45, 7) is 4.60. The van der Waals surface area contributed by atoms with Crippen molar-refractivity contribution < 1.29 is 4.79 Å². The third-order valence-corrected chi connectivity index (χ3v) is 4.64. The molecule has 1 amide bonds. The van der Waals surface area contributed by atoms with E-state index in [2.05, 4.69) is 11.9 Å². The smallest absolute Gasteiger partial charge is 0.253 e. The predicted molar refractivity (Wildman–Crippen MR) is 95.0 cm³/mol. The fourth-order valence-electron chi connectivity index (χ4n) is 2.77. The first-order valence-electron chi connectivity index (χ1n) is 7.55. The van der Waals surface area contributed by atoms with Gasteiger partial charge in [-0.1, -0.05) is 29.8 Å². The van der Waals surface area contributed by atoms with Crippen molar-refractivity contribution in [3.05, 3.63) is 69.9 Å². The summed E-state index contributed by atoms with van der Waals surface area (Å²) in [4.78, 5) is 17.7. The lowest BCUT2D eigenvalue weighted by Crippen LogP contribution is -2.26. The van der Waals surface area contributed by atoms with Crippen molar-refractivity contribution in [1.29, 1.82) is 0 Å². The van der Waals surface area contributed by atoms with Crippen molar-refractivity contribution in [2.45, 2.75) is 20.4 Å². The molecule has 1 N–H and O–H groups in total. The van der Waals surface area contributed by atoms with Crippen LogP contribution in [0.15, 0.2) is 42.5 Å². The molecule has 2 aromatic carbocycles. The Kier molecular flexibility index (Phi) is 4.14. The SMILES string of the molecule is Cc1[nH]c2ccc(C(=O)N(C)Cc3ccccc3Cl)cc2c1C. The van der Waals surface area contributed by atoms with Crippen LogP contribution in [0.25, 0.3) is 10.9 Å². The maximum atomic E-state index is 12.7. The van der Waals surface area contributed by atoms with Crippen LogP contribution in [0.5, 0.6) is 0 Å². The molecule has 0 aliphatic rings. The second kappa shape index (κ2) is 6.09. The van der Waals surface area contributed by atoms with Crippen molar-refractivity contribution >= 4 is 28.4 Å². The van der Waals surface area contributed by atoms with E-state index in [0.29, 0.717) is 17.1 Å². The van der Waals surface area contributed by atoms with E-state index in [-0.39, 0.29) is 5.91 Å². The molecule has 4 heteroatoms. The number of nitrogens with one attached hydrogen (secondary N) is 1. The van der Waals surface area contributed by atoms with E-state index in [4.69, 9.17) is 11.6 Å². The minimum Gasteiger partial charge on any atom is -0.358 e. The molecule has 3 rings (SSSR count). The summed E-state index contributed by atoms with van der Waals surface area (Å²) >= 11 is 6.18. The Hall–Kier alpha value is -2.26. The normalized spacial score (nSPS) is 11.0. The Morgan fingerprint density at radius 1 is 1.17 bits per heavy atom. The third kappa shape index (κ3) is 2.97. The molecule has 0 spiro atoms. The molecule has 0 aliphatic carbocycles. The number of fused-ring (bicyclic) bond motifs is 1. The second-order valence-corrected chi connectivity index (χ2v) is 6.30. The first-order valence-corrected chi connectivity index (χ1v) is 7.93. The summed E-state index contributed by atoms with van der Waals surface area (Å²) < 4.78 is 0. The van der Waals surface area contributed by atoms with Gasteiger partial charge in [0.05, 0.1) is 0 Å². The topological polar surface area (TPSA) is 36.1 Å². The fourth-order valence-corrected chi connectivity index (χ4v) is 2.96.